The van der Waals surface area contributed by atoms with Gasteiger partial charge in [0.1, 0.15) is 16.9 Å². The molecule has 1 amide bonds. The second-order valence-corrected chi connectivity index (χ2v) is 8.02. The molecule has 0 atom stereocenters. The van der Waals surface area contributed by atoms with Crippen LogP contribution in [-0.2, 0) is 6.54 Å². The van der Waals surface area contributed by atoms with Crippen molar-refractivity contribution in [3.05, 3.63) is 42.0 Å². The van der Waals surface area contributed by atoms with Crippen molar-refractivity contribution >= 4 is 39.6 Å². The summed E-state index contributed by atoms with van der Waals surface area (Å²) in [6.07, 6.45) is 0. The van der Waals surface area contributed by atoms with Crippen molar-refractivity contribution in [3.63, 3.8) is 0 Å². The number of carbonyl (C=O) groups is 1. The van der Waals surface area contributed by atoms with E-state index in [0.717, 1.165) is 5.52 Å². The molecule has 2 aromatic heterocycles. The van der Waals surface area contributed by atoms with Gasteiger partial charge in [-0.05, 0) is 18.1 Å². The van der Waals surface area contributed by atoms with E-state index in [2.05, 4.69) is 19.2 Å². The molecule has 2 aromatic carbocycles. The first kappa shape index (κ1) is 22.2. The van der Waals surface area contributed by atoms with Gasteiger partial charge in [0.15, 0.2) is 17.1 Å². The molecule has 0 radical (unpaired) electrons. The maximum atomic E-state index is 13.5. The zero-order valence-electron chi connectivity index (χ0n) is 19.3. The van der Waals surface area contributed by atoms with Gasteiger partial charge in [-0.3, -0.25) is 4.79 Å². The second kappa shape index (κ2) is 8.85. The van der Waals surface area contributed by atoms with Gasteiger partial charge in [0.2, 0.25) is 5.75 Å². The van der Waals surface area contributed by atoms with E-state index in [9.17, 15) is 4.79 Å². The largest absolute Gasteiger partial charge is 0.493 e. The quantitative estimate of drug-likeness (QED) is 0.437. The minimum Gasteiger partial charge on any atom is -0.493 e. The van der Waals surface area contributed by atoms with Gasteiger partial charge in [0.25, 0.3) is 5.91 Å². The van der Waals surface area contributed by atoms with Crippen molar-refractivity contribution in [1.29, 1.82) is 0 Å². The molecular weight excluding hydrogens is 422 g/mol. The number of nitrogens with two attached hydrogens (primary N) is 1. The smallest absolute Gasteiger partial charge is 0.261 e. The minimum atomic E-state index is -0.404. The molecule has 2 heterocycles. The van der Waals surface area contributed by atoms with Crippen LogP contribution in [0.3, 0.4) is 0 Å². The maximum absolute atomic E-state index is 13.5. The number of aromatic nitrogens is 3. The molecule has 0 aliphatic rings. The van der Waals surface area contributed by atoms with Crippen LogP contribution in [0.25, 0.3) is 22.2 Å². The van der Waals surface area contributed by atoms with Crippen LogP contribution in [0.1, 0.15) is 24.2 Å². The lowest BCUT2D eigenvalue weighted by atomic mass is 10.2. The first-order valence-corrected chi connectivity index (χ1v) is 10.5. The number of rotatable bonds is 7. The number of methoxy groups -OCH3 is 3. The van der Waals surface area contributed by atoms with Crippen molar-refractivity contribution in [2.24, 2.45) is 5.92 Å². The summed E-state index contributed by atoms with van der Waals surface area (Å²) >= 11 is 0. The lowest BCUT2D eigenvalue weighted by molar-refractivity contribution is 0.102. The summed E-state index contributed by atoms with van der Waals surface area (Å²) in [4.78, 5) is 22.9. The van der Waals surface area contributed by atoms with Crippen LogP contribution in [0.2, 0.25) is 0 Å². The van der Waals surface area contributed by atoms with Gasteiger partial charge in [-0.1, -0.05) is 26.0 Å². The van der Waals surface area contributed by atoms with Gasteiger partial charge < -0.3 is 29.8 Å². The van der Waals surface area contributed by atoms with Crippen LogP contribution < -0.4 is 25.3 Å². The topological polar surface area (TPSA) is 114 Å². The van der Waals surface area contributed by atoms with Crippen molar-refractivity contribution in [3.8, 4) is 17.2 Å². The number of fused-ring (bicyclic) bond motifs is 2. The Morgan fingerprint density at radius 2 is 1.64 bits per heavy atom. The Bertz CT molecular complexity index is 1320. The highest BCUT2D eigenvalue weighted by atomic mass is 16.5. The number of carbonyl (C=O) groups excluding carboxylic acids is 1. The number of para-hydroxylation sites is 2. The van der Waals surface area contributed by atoms with Crippen LogP contribution >= 0.6 is 0 Å². The van der Waals surface area contributed by atoms with E-state index < -0.39 is 5.91 Å². The summed E-state index contributed by atoms with van der Waals surface area (Å²) in [6.45, 7) is 4.76. The third kappa shape index (κ3) is 3.97. The minimum absolute atomic E-state index is 0.276. The Kier molecular flexibility index (Phi) is 5.95. The summed E-state index contributed by atoms with van der Waals surface area (Å²) in [7, 11) is 4.55. The van der Waals surface area contributed by atoms with Gasteiger partial charge in [-0.2, -0.15) is 0 Å². The van der Waals surface area contributed by atoms with Crippen molar-refractivity contribution in [1.82, 2.24) is 14.5 Å². The summed E-state index contributed by atoms with van der Waals surface area (Å²) in [6, 6.07) is 10.8. The SMILES string of the molecule is COc1cc(NC(=O)c2c(N)n(CC(C)C)c3nc4ccccc4nc23)cc(OC)c1OC. The average molecular weight is 450 g/mol. The highest BCUT2D eigenvalue weighted by Crippen LogP contribution is 2.40. The Morgan fingerprint density at radius 3 is 2.18 bits per heavy atom. The van der Waals surface area contributed by atoms with E-state index >= 15 is 0 Å². The van der Waals surface area contributed by atoms with E-state index in [1.165, 1.54) is 21.3 Å². The molecule has 0 fully saturated rings. The summed E-state index contributed by atoms with van der Waals surface area (Å²) in [5.74, 6) is 1.49. The fraction of sp³-hybridized carbons (Fsp3) is 0.292. The van der Waals surface area contributed by atoms with Crippen LogP contribution in [0.5, 0.6) is 17.2 Å². The van der Waals surface area contributed by atoms with Gasteiger partial charge in [0.05, 0.1) is 32.4 Å². The van der Waals surface area contributed by atoms with E-state index in [4.69, 9.17) is 29.9 Å². The second-order valence-electron chi connectivity index (χ2n) is 8.02. The van der Waals surface area contributed by atoms with Gasteiger partial charge in [-0.15, -0.1) is 0 Å². The summed E-state index contributed by atoms with van der Waals surface area (Å²) < 4.78 is 18.0. The highest BCUT2D eigenvalue weighted by Gasteiger charge is 2.25. The Hall–Kier alpha value is -4.01. The van der Waals surface area contributed by atoms with Crippen LogP contribution in [0.15, 0.2) is 36.4 Å². The third-order valence-electron chi connectivity index (χ3n) is 5.29. The predicted molar refractivity (Wildman–Crippen MR) is 128 cm³/mol. The molecule has 0 unspecified atom stereocenters. The fourth-order valence-electron chi connectivity index (χ4n) is 3.84. The van der Waals surface area contributed by atoms with E-state index in [1.807, 2.05) is 28.8 Å². The molecule has 0 spiro atoms. The number of nitrogen functional groups attached to an aromatic ring is 1. The molecule has 9 heteroatoms. The number of nitrogens with zero attached hydrogens (tertiary/aromatic N) is 3. The fourth-order valence-corrected chi connectivity index (χ4v) is 3.84. The average Bonchev–Trinajstić information content (AvgIpc) is 3.06. The number of amides is 1. The molecular formula is C24H27N5O4. The molecule has 0 saturated heterocycles. The lowest BCUT2D eigenvalue weighted by Gasteiger charge is -2.14. The van der Waals surface area contributed by atoms with Gasteiger partial charge in [0, 0.05) is 24.4 Å². The van der Waals surface area contributed by atoms with Crippen molar-refractivity contribution in [2.75, 3.05) is 32.4 Å². The van der Waals surface area contributed by atoms with Crippen molar-refractivity contribution in [2.45, 2.75) is 20.4 Å². The molecule has 9 nitrogen and oxygen atoms in total. The number of hydrogen-bond donors (Lipinski definition) is 2. The number of anilines is 2. The molecule has 0 aliphatic heterocycles. The van der Waals surface area contributed by atoms with Crippen LogP contribution in [0, 0.1) is 5.92 Å². The van der Waals surface area contributed by atoms with Gasteiger partial charge >= 0.3 is 0 Å². The van der Waals surface area contributed by atoms with Crippen molar-refractivity contribution < 1.29 is 19.0 Å². The van der Waals surface area contributed by atoms with Crippen LogP contribution in [-0.4, -0.2) is 41.8 Å². The molecule has 3 N–H and O–H groups in total. The summed E-state index contributed by atoms with van der Waals surface area (Å²) in [5.41, 5.74) is 9.70. The van der Waals surface area contributed by atoms with E-state index in [1.54, 1.807) is 12.1 Å². The monoisotopic (exact) mass is 449 g/mol. The zero-order chi connectivity index (χ0) is 23.7. The Labute approximate surface area is 191 Å². The molecule has 0 aliphatic carbocycles. The first-order chi connectivity index (χ1) is 15.9. The number of benzene rings is 2. The Balaban J connectivity index is 1.84. The molecule has 0 saturated carbocycles. The zero-order valence-corrected chi connectivity index (χ0v) is 19.3. The highest BCUT2D eigenvalue weighted by molar-refractivity contribution is 6.16. The molecule has 0 bridgehead atoms. The van der Waals surface area contributed by atoms with Crippen LogP contribution in [0.4, 0.5) is 11.5 Å². The number of ether oxygens (including phenoxy) is 3. The first-order valence-electron chi connectivity index (χ1n) is 10.5. The molecule has 172 valence electrons. The maximum Gasteiger partial charge on any atom is 0.261 e. The number of hydrogen-bond acceptors (Lipinski definition) is 7. The predicted octanol–water partition coefficient (Wildman–Crippen LogP) is 4.10. The number of nitrogens with one attached hydrogen (secondary N) is 1. The normalized spacial score (nSPS) is 11.2. The Morgan fingerprint density at radius 1 is 1.03 bits per heavy atom. The summed E-state index contributed by atoms with van der Waals surface area (Å²) in [5, 5.41) is 2.89. The third-order valence-corrected chi connectivity index (χ3v) is 5.29. The van der Waals surface area contributed by atoms with Gasteiger partial charge in [-0.25, -0.2) is 9.97 Å². The standard InChI is InChI=1S/C24H27N5O4/c1-13(2)12-29-22(25)19(20-23(29)28-16-9-7-6-8-15(16)27-20)24(30)26-14-10-17(31-3)21(33-5)18(11-14)32-4/h6-11,13H,12,25H2,1-5H3,(H,26,30). The molecule has 4 rings (SSSR count). The lowest BCUT2D eigenvalue weighted by Crippen LogP contribution is -2.15. The molecule has 33 heavy (non-hydrogen) atoms. The van der Waals surface area contributed by atoms with E-state index in [-0.39, 0.29) is 5.56 Å². The van der Waals surface area contributed by atoms with E-state index in [0.29, 0.717) is 57.9 Å². The molecule has 4 aromatic rings.